The van der Waals surface area contributed by atoms with Crippen molar-refractivity contribution < 1.29 is 29.0 Å². The Balaban J connectivity index is 2.25. The molecule has 1 atom stereocenters. The van der Waals surface area contributed by atoms with Gasteiger partial charge in [0.25, 0.3) is 5.91 Å². The highest BCUT2D eigenvalue weighted by atomic mass is 16.5. The van der Waals surface area contributed by atoms with E-state index in [0.717, 1.165) is 0 Å². The molecule has 2 aromatic rings. The van der Waals surface area contributed by atoms with E-state index >= 15 is 0 Å². The van der Waals surface area contributed by atoms with Crippen LogP contribution in [0.3, 0.4) is 0 Å². The van der Waals surface area contributed by atoms with Crippen LogP contribution in [0.1, 0.15) is 25.6 Å². The number of aliphatic hydroxyl groups is 1. The van der Waals surface area contributed by atoms with Gasteiger partial charge in [-0.1, -0.05) is 12.1 Å². The van der Waals surface area contributed by atoms with E-state index in [1.807, 2.05) is 0 Å². The van der Waals surface area contributed by atoms with E-state index < -0.39 is 24.5 Å². The number of benzene rings is 1. The smallest absolute Gasteiger partial charge is 0.341 e. The maximum Gasteiger partial charge on any atom is 0.341 e. The number of carbonyl (C=O) groups is 2. The highest BCUT2D eigenvalue weighted by Crippen LogP contribution is 2.31. The molecule has 0 fully saturated rings. The summed E-state index contributed by atoms with van der Waals surface area (Å²) in [5, 5.41) is 30.1. The second kappa shape index (κ2) is 7.40. The highest BCUT2D eigenvalue weighted by Gasteiger charge is 2.19. The van der Waals surface area contributed by atoms with Crippen LogP contribution in [0.25, 0.3) is 11.0 Å². The number of para-hydroxylation sites is 1. The highest BCUT2D eigenvalue weighted by molar-refractivity contribution is 5.97. The van der Waals surface area contributed by atoms with Gasteiger partial charge in [-0.15, -0.1) is 0 Å². The SMILES string of the molecule is CC(O)=C(C#N)C(=O)NC(C)c1cc2cccc(OCC(=O)O)c2o1. The Morgan fingerprint density at radius 2 is 2.12 bits per heavy atom. The number of ether oxygens (including phenoxy) is 1. The van der Waals surface area contributed by atoms with Crippen molar-refractivity contribution in [2.75, 3.05) is 6.61 Å². The molecule has 25 heavy (non-hydrogen) atoms. The van der Waals surface area contributed by atoms with E-state index in [1.165, 1.54) is 6.92 Å². The van der Waals surface area contributed by atoms with E-state index in [9.17, 15) is 14.7 Å². The standard InChI is InChI=1S/C17H16N2O6/c1-9(19-17(23)12(7-18)10(2)20)14-6-11-4-3-5-13(16(11)25-14)24-8-15(21)22/h3-6,9,20H,8H2,1-2H3,(H,19,23)(H,21,22). The number of nitriles is 1. The van der Waals surface area contributed by atoms with Gasteiger partial charge in [0.1, 0.15) is 17.6 Å². The second-order valence-electron chi connectivity index (χ2n) is 5.27. The maximum atomic E-state index is 12.0. The summed E-state index contributed by atoms with van der Waals surface area (Å²) in [4.78, 5) is 22.6. The number of fused-ring (bicyclic) bond motifs is 1. The molecule has 3 N–H and O–H groups in total. The first-order chi connectivity index (χ1) is 11.8. The minimum atomic E-state index is -1.11. The van der Waals surface area contributed by atoms with Crippen LogP contribution in [-0.2, 0) is 9.59 Å². The van der Waals surface area contributed by atoms with E-state index in [1.54, 1.807) is 37.3 Å². The fraction of sp³-hybridized carbons (Fsp3) is 0.235. The van der Waals surface area contributed by atoms with Crippen molar-refractivity contribution in [3.8, 4) is 11.8 Å². The molecular weight excluding hydrogens is 328 g/mol. The van der Waals surface area contributed by atoms with E-state index in [2.05, 4.69) is 5.32 Å². The van der Waals surface area contributed by atoms with Crippen LogP contribution in [-0.4, -0.2) is 28.7 Å². The third kappa shape index (κ3) is 4.09. The predicted octanol–water partition coefficient (Wildman–Crippen LogP) is 2.43. The van der Waals surface area contributed by atoms with Crippen LogP contribution in [0, 0.1) is 11.3 Å². The average Bonchev–Trinajstić information content (AvgIpc) is 2.97. The molecule has 1 heterocycles. The minimum Gasteiger partial charge on any atom is -0.511 e. The normalized spacial score (nSPS) is 12.8. The molecule has 130 valence electrons. The average molecular weight is 344 g/mol. The molecule has 8 nitrogen and oxygen atoms in total. The minimum absolute atomic E-state index is 0.272. The molecule has 0 saturated heterocycles. The number of hydrogen-bond donors (Lipinski definition) is 3. The number of aliphatic carboxylic acids is 1. The molecule has 1 unspecified atom stereocenters. The van der Waals surface area contributed by atoms with Gasteiger partial charge in [-0.05, 0) is 26.0 Å². The molecule has 8 heteroatoms. The number of carboxylic acid groups (broad SMARTS) is 1. The van der Waals surface area contributed by atoms with Crippen LogP contribution in [0.4, 0.5) is 0 Å². The Morgan fingerprint density at radius 1 is 1.40 bits per heavy atom. The molecule has 0 saturated carbocycles. The maximum absolute atomic E-state index is 12.0. The summed E-state index contributed by atoms with van der Waals surface area (Å²) in [5.74, 6) is -1.55. The molecule has 2 rings (SSSR count). The number of aliphatic hydroxyl groups excluding tert-OH is 1. The van der Waals surface area contributed by atoms with Crippen LogP contribution in [0.5, 0.6) is 5.75 Å². The fourth-order valence-corrected chi connectivity index (χ4v) is 2.16. The Morgan fingerprint density at radius 3 is 2.72 bits per heavy atom. The number of carboxylic acids is 1. The van der Waals surface area contributed by atoms with Gasteiger partial charge in [0.2, 0.25) is 0 Å². The molecule has 0 aliphatic carbocycles. The van der Waals surface area contributed by atoms with Crippen molar-refractivity contribution in [2.45, 2.75) is 19.9 Å². The van der Waals surface area contributed by atoms with E-state index in [0.29, 0.717) is 16.7 Å². The van der Waals surface area contributed by atoms with Crippen molar-refractivity contribution >= 4 is 22.8 Å². The first kappa shape index (κ1) is 17.9. The lowest BCUT2D eigenvalue weighted by molar-refractivity contribution is -0.139. The molecule has 1 aromatic carbocycles. The summed E-state index contributed by atoms with van der Waals surface area (Å²) in [6, 6.07) is 7.74. The van der Waals surface area contributed by atoms with Gasteiger partial charge >= 0.3 is 5.97 Å². The predicted molar refractivity (Wildman–Crippen MR) is 86.8 cm³/mol. The van der Waals surface area contributed by atoms with Gasteiger partial charge < -0.3 is 24.7 Å². The summed E-state index contributed by atoms with van der Waals surface area (Å²) >= 11 is 0. The monoisotopic (exact) mass is 344 g/mol. The Labute approximate surface area is 142 Å². The quantitative estimate of drug-likeness (QED) is 0.416. The molecule has 0 spiro atoms. The molecular formula is C17H16N2O6. The number of nitrogens with zero attached hydrogens (tertiary/aromatic N) is 1. The van der Waals surface area contributed by atoms with E-state index in [4.69, 9.17) is 19.5 Å². The van der Waals surface area contributed by atoms with E-state index in [-0.39, 0.29) is 17.1 Å². The second-order valence-corrected chi connectivity index (χ2v) is 5.27. The zero-order valence-electron chi connectivity index (χ0n) is 13.6. The number of carbonyl (C=O) groups excluding carboxylic acids is 1. The zero-order chi connectivity index (χ0) is 18.6. The molecule has 0 bridgehead atoms. The largest absolute Gasteiger partial charge is 0.511 e. The summed E-state index contributed by atoms with van der Waals surface area (Å²) in [5.41, 5.74) is -0.0253. The van der Waals surface area contributed by atoms with Gasteiger partial charge in [0, 0.05) is 5.39 Å². The van der Waals surface area contributed by atoms with Crippen molar-refractivity contribution in [1.82, 2.24) is 5.32 Å². The zero-order valence-corrected chi connectivity index (χ0v) is 13.6. The van der Waals surface area contributed by atoms with Gasteiger partial charge in [-0.2, -0.15) is 5.26 Å². The Kier molecular flexibility index (Phi) is 5.29. The third-order valence-electron chi connectivity index (χ3n) is 3.35. The lowest BCUT2D eigenvalue weighted by Crippen LogP contribution is -2.28. The molecule has 0 aliphatic rings. The summed E-state index contributed by atoms with van der Waals surface area (Å²) in [7, 11) is 0. The van der Waals surface area contributed by atoms with Crippen molar-refractivity contribution in [3.05, 3.63) is 41.4 Å². The van der Waals surface area contributed by atoms with Gasteiger partial charge in [0.05, 0.1) is 6.04 Å². The topological polar surface area (TPSA) is 133 Å². The Bertz CT molecular complexity index is 886. The van der Waals surface area contributed by atoms with Gasteiger partial charge in [-0.3, -0.25) is 4.79 Å². The molecule has 1 aromatic heterocycles. The Hall–Kier alpha value is -3.47. The van der Waals surface area contributed by atoms with Crippen LogP contribution in [0.15, 0.2) is 40.0 Å². The molecule has 0 aliphatic heterocycles. The number of furan rings is 1. The summed E-state index contributed by atoms with van der Waals surface area (Å²) in [6.45, 7) is 2.39. The first-order valence-electron chi connectivity index (χ1n) is 7.31. The van der Waals surface area contributed by atoms with Crippen LogP contribution in [0.2, 0.25) is 0 Å². The van der Waals surface area contributed by atoms with Crippen LogP contribution >= 0.6 is 0 Å². The lowest BCUT2D eigenvalue weighted by atomic mass is 10.2. The molecule has 1 amide bonds. The fourth-order valence-electron chi connectivity index (χ4n) is 2.16. The molecule has 0 radical (unpaired) electrons. The van der Waals surface area contributed by atoms with Crippen molar-refractivity contribution in [3.63, 3.8) is 0 Å². The summed E-state index contributed by atoms with van der Waals surface area (Å²) < 4.78 is 10.9. The third-order valence-corrected chi connectivity index (χ3v) is 3.35. The van der Waals surface area contributed by atoms with Crippen molar-refractivity contribution in [1.29, 1.82) is 5.26 Å². The summed E-state index contributed by atoms with van der Waals surface area (Å²) in [6.07, 6.45) is 0. The number of nitrogens with one attached hydrogen (secondary N) is 1. The van der Waals surface area contributed by atoms with Crippen molar-refractivity contribution in [2.24, 2.45) is 0 Å². The van der Waals surface area contributed by atoms with Crippen LogP contribution < -0.4 is 10.1 Å². The van der Waals surface area contributed by atoms with Gasteiger partial charge in [-0.25, -0.2) is 4.79 Å². The number of amides is 1. The van der Waals surface area contributed by atoms with Gasteiger partial charge in [0.15, 0.2) is 23.5 Å². The lowest BCUT2D eigenvalue weighted by Gasteiger charge is -2.11. The number of allylic oxidation sites excluding steroid dienone is 1. The first-order valence-corrected chi connectivity index (χ1v) is 7.31. The number of hydrogen-bond acceptors (Lipinski definition) is 6. The number of rotatable bonds is 6.